The summed E-state index contributed by atoms with van der Waals surface area (Å²) in [4.78, 5) is 14.4. The normalized spacial score (nSPS) is 11.6. The van der Waals surface area contributed by atoms with E-state index in [4.69, 9.17) is 14.4 Å². The minimum Gasteiger partial charge on any atom is -0.455 e. The second-order valence-corrected chi connectivity index (χ2v) is 15.0. The van der Waals surface area contributed by atoms with Gasteiger partial charge in [0.2, 0.25) is 0 Å². The van der Waals surface area contributed by atoms with Crippen molar-refractivity contribution in [3.05, 3.63) is 188 Å². The Morgan fingerprint density at radius 3 is 1.93 bits per heavy atom. The van der Waals surface area contributed by atoms with Gasteiger partial charge in [0.15, 0.2) is 5.82 Å². The van der Waals surface area contributed by atoms with Gasteiger partial charge in [-0.1, -0.05) is 133 Å². The zero-order chi connectivity index (χ0) is 37.0. The molecule has 0 N–H and O–H groups in total. The van der Waals surface area contributed by atoms with Crippen molar-refractivity contribution in [3.8, 4) is 67.3 Å². The van der Waals surface area contributed by atoms with E-state index in [9.17, 15) is 0 Å². The number of fused-ring (bicyclic) bond motifs is 6. The molecule has 7 aromatic carbocycles. The van der Waals surface area contributed by atoms with Crippen LogP contribution in [0.1, 0.15) is 0 Å². The Morgan fingerprint density at radius 1 is 0.411 bits per heavy atom. The molecule has 0 aliphatic heterocycles. The fourth-order valence-corrected chi connectivity index (χ4v) is 9.15. The highest BCUT2D eigenvalue weighted by molar-refractivity contribution is 7.26. The molecule has 0 aliphatic carbocycles. The van der Waals surface area contributed by atoms with E-state index in [1.165, 1.54) is 25.7 Å². The van der Waals surface area contributed by atoms with Crippen LogP contribution >= 0.6 is 11.3 Å². The highest BCUT2D eigenvalue weighted by Crippen LogP contribution is 2.46. The van der Waals surface area contributed by atoms with Crippen LogP contribution in [0.3, 0.4) is 0 Å². The number of para-hydroxylation sites is 1. The number of furan rings is 1. The van der Waals surface area contributed by atoms with Crippen molar-refractivity contribution in [3.63, 3.8) is 0 Å². The van der Waals surface area contributed by atoms with E-state index in [2.05, 4.69) is 145 Å². The van der Waals surface area contributed by atoms with E-state index in [0.717, 1.165) is 77.8 Å². The van der Waals surface area contributed by atoms with Gasteiger partial charge in [-0.2, -0.15) is 0 Å². The molecule has 11 rings (SSSR count). The lowest BCUT2D eigenvalue weighted by Gasteiger charge is -2.12. The number of rotatable bonds is 6. The van der Waals surface area contributed by atoms with Gasteiger partial charge < -0.3 is 4.42 Å². The Balaban J connectivity index is 1.04. The summed E-state index contributed by atoms with van der Waals surface area (Å²) < 4.78 is 9.31. The fraction of sp³-hybridized carbons (Fsp3) is 0. The summed E-state index contributed by atoms with van der Waals surface area (Å²) in [6.45, 7) is 0. The number of benzene rings is 7. The van der Waals surface area contributed by atoms with Crippen molar-refractivity contribution in [2.24, 2.45) is 0 Å². The minimum atomic E-state index is 0.687. The van der Waals surface area contributed by atoms with Crippen molar-refractivity contribution in [2.45, 2.75) is 0 Å². The van der Waals surface area contributed by atoms with Gasteiger partial charge in [-0.25, -0.2) is 9.97 Å². The summed E-state index contributed by atoms with van der Waals surface area (Å²) in [5.41, 5.74) is 13.3. The first-order valence-electron chi connectivity index (χ1n) is 18.7. The monoisotopic (exact) mass is 733 g/mol. The topological polar surface area (TPSA) is 51.8 Å². The average molecular weight is 734 g/mol. The lowest BCUT2D eigenvalue weighted by atomic mass is 9.93. The first-order valence-corrected chi connectivity index (χ1v) is 19.5. The molecule has 0 spiro atoms. The number of nitrogens with zero attached hydrogens (tertiary/aromatic N) is 3. The number of pyridine rings is 1. The van der Waals surface area contributed by atoms with E-state index in [1.807, 2.05) is 60.1 Å². The maximum absolute atomic E-state index is 6.75. The first-order chi connectivity index (χ1) is 27.7. The van der Waals surface area contributed by atoms with Gasteiger partial charge in [0, 0.05) is 71.2 Å². The smallest absolute Gasteiger partial charge is 0.160 e. The van der Waals surface area contributed by atoms with Crippen LogP contribution in [0.5, 0.6) is 0 Å². The first kappa shape index (κ1) is 32.2. The molecule has 56 heavy (non-hydrogen) atoms. The van der Waals surface area contributed by atoms with Gasteiger partial charge in [0.25, 0.3) is 0 Å². The highest BCUT2D eigenvalue weighted by Gasteiger charge is 2.20. The Morgan fingerprint density at radius 2 is 1.07 bits per heavy atom. The van der Waals surface area contributed by atoms with Crippen molar-refractivity contribution < 1.29 is 4.42 Å². The molecule has 0 unspecified atom stereocenters. The van der Waals surface area contributed by atoms with Crippen LogP contribution in [-0.4, -0.2) is 15.0 Å². The number of thiophene rings is 1. The maximum atomic E-state index is 6.75. The van der Waals surface area contributed by atoms with Crippen molar-refractivity contribution in [1.29, 1.82) is 0 Å². The van der Waals surface area contributed by atoms with Crippen LogP contribution in [0.4, 0.5) is 0 Å². The van der Waals surface area contributed by atoms with E-state index < -0.39 is 0 Å². The van der Waals surface area contributed by atoms with E-state index in [1.54, 1.807) is 0 Å². The van der Waals surface area contributed by atoms with Crippen LogP contribution < -0.4 is 0 Å². The molecule has 0 saturated heterocycles. The molecule has 4 aromatic heterocycles. The molecule has 4 heterocycles. The maximum Gasteiger partial charge on any atom is 0.160 e. The third-order valence-corrected chi connectivity index (χ3v) is 11.9. The summed E-state index contributed by atoms with van der Waals surface area (Å²) in [5.74, 6) is 0.687. The zero-order valence-electron chi connectivity index (χ0n) is 30.1. The number of aromatic nitrogens is 3. The molecule has 0 fully saturated rings. The zero-order valence-corrected chi connectivity index (χ0v) is 30.9. The molecule has 262 valence electrons. The van der Waals surface area contributed by atoms with Crippen molar-refractivity contribution >= 4 is 53.4 Å². The second-order valence-electron chi connectivity index (χ2n) is 14.0. The summed E-state index contributed by atoms with van der Waals surface area (Å²) in [6, 6.07) is 61.7. The summed E-state index contributed by atoms with van der Waals surface area (Å²) in [6.07, 6.45) is 3.65. The minimum absolute atomic E-state index is 0.687. The van der Waals surface area contributed by atoms with Crippen molar-refractivity contribution in [1.82, 2.24) is 15.0 Å². The molecule has 0 amide bonds. The number of hydrogen-bond donors (Lipinski definition) is 0. The molecular formula is C51H31N3OS. The molecular weight excluding hydrogens is 703 g/mol. The molecule has 5 heteroatoms. The standard InChI is InChI=1S/C51H31N3OS/c1-2-10-35(11-3-1)51-53-44(31-45(54-51)37-13-8-12-36(30-37)32-26-28-52-29-27-32)34-22-20-33(21-23-34)38-24-25-40(49-48(38)43-15-4-6-18-46(43)55-49)42-17-9-16-41-39-14-5-7-19-47(39)56-50(41)42/h1-31H. The summed E-state index contributed by atoms with van der Waals surface area (Å²) in [5, 5.41) is 4.79. The predicted octanol–water partition coefficient (Wildman–Crippen LogP) is 14.1. The molecule has 0 saturated carbocycles. The van der Waals surface area contributed by atoms with E-state index >= 15 is 0 Å². The van der Waals surface area contributed by atoms with Gasteiger partial charge >= 0.3 is 0 Å². The van der Waals surface area contributed by atoms with Crippen LogP contribution in [0.15, 0.2) is 193 Å². The molecule has 0 radical (unpaired) electrons. The summed E-state index contributed by atoms with van der Waals surface area (Å²) >= 11 is 1.84. The molecule has 0 bridgehead atoms. The lowest BCUT2D eigenvalue weighted by molar-refractivity contribution is 0.670. The third-order valence-electron chi connectivity index (χ3n) is 10.6. The Hall–Kier alpha value is -7.21. The SMILES string of the molecule is c1ccc(-c2nc(-c3ccc(-c4ccc(-c5cccc6c5sc5ccccc56)c5oc6ccccc6c45)cc3)cc(-c3cccc(-c4ccncc4)c3)n2)cc1. The van der Waals surface area contributed by atoms with Crippen LogP contribution in [0, 0.1) is 0 Å². The fourth-order valence-electron chi connectivity index (χ4n) is 7.92. The number of hydrogen-bond acceptors (Lipinski definition) is 5. The van der Waals surface area contributed by atoms with Crippen LogP contribution in [-0.2, 0) is 0 Å². The van der Waals surface area contributed by atoms with E-state index in [-0.39, 0.29) is 0 Å². The summed E-state index contributed by atoms with van der Waals surface area (Å²) in [7, 11) is 0. The van der Waals surface area contributed by atoms with Gasteiger partial charge in [-0.15, -0.1) is 11.3 Å². The van der Waals surface area contributed by atoms with E-state index in [0.29, 0.717) is 5.82 Å². The third kappa shape index (κ3) is 5.48. The molecule has 11 aromatic rings. The van der Waals surface area contributed by atoms with Crippen LogP contribution in [0.25, 0.3) is 109 Å². The Kier molecular flexibility index (Phi) is 7.64. The van der Waals surface area contributed by atoms with Gasteiger partial charge in [-0.3, -0.25) is 4.98 Å². The van der Waals surface area contributed by atoms with Gasteiger partial charge in [-0.05, 0) is 64.7 Å². The Labute approximate surface area is 327 Å². The molecule has 4 nitrogen and oxygen atoms in total. The molecule has 0 atom stereocenters. The van der Waals surface area contributed by atoms with Crippen LogP contribution in [0.2, 0.25) is 0 Å². The van der Waals surface area contributed by atoms with Crippen molar-refractivity contribution in [2.75, 3.05) is 0 Å². The Bertz CT molecular complexity index is 3240. The largest absolute Gasteiger partial charge is 0.455 e. The lowest BCUT2D eigenvalue weighted by Crippen LogP contribution is -1.96. The second kappa shape index (κ2) is 13.3. The van der Waals surface area contributed by atoms with Gasteiger partial charge in [0.1, 0.15) is 11.2 Å². The predicted molar refractivity (Wildman–Crippen MR) is 233 cm³/mol. The average Bonchev–Trinajstić information content (AvgIpc) is 3.86. The highest BCUT2D eigenvalue weighted by atomic mass is 32.1. The van der Waals surface area contributed by atoms with Gasteiger partial charge in [0.05, 0.1) is 11.4 Å². The quantitative estimate of drug-likeness (QED) is 0.171. The molecule has 0 aliphatic rings.